The molecule has 0 unspecified atom stereocenters. The molecule has 3 heterocycles. The molecule has 0 saturated carbocycles. The number of hydrogen-bond acceptors (Lipinski definition) is 2. The molecule has 0 saturated heterocycles. The zero-order chi connectivity index (χ0) is 17.7. The minimum absolute atomic E-state index is 0.879. The van der Waals surface area contributed by atoms with Gasteiger partial charge in [0.25, 0.3) is 0 Å². The Bertz CT molecular complexity index is 1160. The van der Waals surface area contributed by atoms with Crippen LogP contribution in [-0.2, 0) is 0 Å². The molecule has 0 fully saturated rings. The van der Waals surface area contributed by atoms with E-state index in [-0.39, 0.29) is 0 Å². The SMILES string of the molecule is Cc1nc(-n2ccc3ccccc32)c(C)nc1-n1ccc2ccccc21. The number of aromatic nitrogens is 4. The number of fused-ring (bicyclic) bond motifs is 2. The van der Waals surface area contributed by atoms with Crippen molar-refractivity contribution in [3.05, 3.63) is 84.4 Å². The molecule has 0 aliphatic heterocycles. The van der Waals surface area contributed by atoms with Gasteiger partial charge in [-0.15, -0.1) is 0 Å². The van der Waals surface area contributed by atoms with E-state index in [1.165, 1.54) is 10.8 Å². The summed E-state index contributed by atoms with van der Waals surface area (Å²) >= 11 is 0. The van der Waals surface area contributed by atoms with Gasteiger partial charge in [0.1, 0.15) is 0 Å². The molecule has 0 aliphatic rings. The predicted molar refractivity (Wildman–Crippen MR) is 105 cm³/mol. The zero-order valence-electron chi connectivity index (χ0n) is 14.7. The first-order valence-corrected chi connectivity index (χ1v) is 8.70. The maximum atomic E-state index is 4.91. The lowest BCUT2D eigenvalue weighted by molar-refractivity contribution is 0.900. The first-order valence-electron chi connectivity index (χ1n) is 8.70. The fraction of sp³-hybridized carbons (Fsp3) is 0.0909. The molecule has 0 atom stereocenters. The first-order chi connectivity index (χ1) is 12.7. The standard InChI is InChI=1S/C22H18N4/c1-15-21(25-13-11-17-7-3-5-9-19(17)25)24-16(2)22(23-15)26-14-12-18-8-4-6-10-20(18)26/h3-14H,1-2H3. The molecule has 5 aromatic rings. The van der Waals surface area contributed by atoms with Gasteiger partial charge < -0.3 is 0 Å². The van der Waals surface area contributed by atoms with Crippen LogP contribution in [0, 0.1) is 13.8 Å². The van der Waals surface area contributed by atoms with Crippen molar-refractivity contribution in [3.63, 3.8) is 0 Å². The summed E-state index contributed by atoms with van der Waals surface area (Å²) < 4.78 is 4.23. The lowest BCUT2D eigenvalue weighted by Gasteiger charge is -2.13. The number of benzene rings is 2. The van der Waals surface area contributed by atoms with Gasteiger partial charge in [0.2, 0.25) is 0 Å². The Morgan fingerprint density at radius 3 is 1.46 bits per heavy atom. The number of aryl methyl sites for hydroxylation is 2. The van der Waals surface area contributed by atoms with Crippen LogP contribution < -0.4 is 0 Å². The Kier molecular flexibility index (Phi) is 3.19. The topological polar surface area (TPSA) is 35.6 Å². The van der Waals surface area contributed by atoms with E-state index in [2.05, 4.69) is 82.2 Å². The molecule has 0 bridgehead atoms. The lowest BCUT2D eigenvalue weighted by Crippen LogP contribution is -2.08. The van der Waals surface area contributed by atoms with Gasteiger partial charge >= 0.3 is 0 Å². The lowest BCUT2D eigenvalue weighted by atomic mass is 10.2. The van der Waals surface area contributed by atoms with E-state index in [0.29, 0.717) is 0 Å². The number of hydrogen-bond donors (Lipinski definition) is 0. The van der Waals surface area contributed by atoms with Crippen molar-refractivity contribution in [2.75, 3.05) is 0 Å². The molecular weight excluding hydrogens is 320 g/mol. The fourth-order valence-corrected chi connectivity index (χ4v) is 3.57. The van der Waals surface area contributed by atoms with Crippen molar-refractivity contribution < 1.29 is 0 Å². The second-order valence-electron chi connectivity index (χ2n) is 6.53. The van der Waals surface area contributed by atoms with Crippen LogP contribution in [0.2, 0.25) is 0 Å². The number of para-hydroxylation sites is 2. The summed E-state index contributed by atoms with van der Waals surface area (Å²) in [5.41, 5.74) is 4.10. The highest BCUT2D eigenvalue weighted by Crippen LogP contribution is 2.25. The van der Waals surface area contributed by atoms with E-state index in [1.807, 2.05) is 13.8 Å². The maximum absolute atomic E-state index is 4.91. The Labute approximate surface area is 151 Å². The van der Waals surface area contributed by atoms with Gasteiger partial charge in [0.05, 0.1) is 22.4 Å². The van der Waals surface area contributed by atoms with Crippen molar-refractivity contribution in [3.8, 4) is 11.6 Å². The molecule has 3 aromatic heterocycles. The van der Waals surface area contributed by atoms with Crippen molar-refractivity contribution >= 4 is 21.8 Å². The van der Waals surface area contributed by atoms with E-state index < -0.39 is 0 Å². The molecule has 2 aromatic carbocycles. The van der Waals surface area contributed by atoms with Gasteiger partial charge in [-0.3, -0.25) is 9.13 Å². The van der Waals surface area contributed by atoms with Gasteiger partial charge in [-0.05, 0) is 48.9 Å². The first kappa shape index (κ1) is 14.9. The third-order valence-electron chi connectivity index (χ3n) is 4.85. The minimum atomic E-state index is 0.879. The van der Waals surface area contributed by atoms with Gasteiger partial charge in [-0.1, -0.05) is 36.4 Å². The average Bonchev–Trinajstić information content (AvgIpc) is 3.27. The van der Waals surface area contributed by atoms with Crippen LogP contribution in [0.25, 0.3) is 33.4 Å². The second kappa shape index (κ2) is 5.56. The molecule has 4 heteroatoms. The number of nitrogens with zero attached hydrogens (tertiary/aromatic N) is 4. The van der Waals surface area contributed by atoms with E-state index in [4.69, 9.17) is 9.97 Å². The van der Waals surface area contributed by atoms with Gasteiger partial charge in [0.15, 0.2) is 11.6 Å². The molecule has 0 amide bonds. The van der Waals surface area contributed by atoms with Crippen LogP contribution in [0.3, 0.4) is 0 Å². The van der Waals surface area contributed by atoms with E-state index >= 15 is 0 Å². The summed E-state index contributed by atoms with van der Waals surface area (Å²) in [5, 5.41) is 2.40. The van der Waals surface area contributed by atoms with Crippen LogP contribution in [0.4, 0.5) is 0 Å². The number of rotatable bonds is 2. The summed E-state index contributed by atoms with van der Waals surface area (Å²) in [6.45, 7) is 4.04. The van der Waals surface area contributed by atoms with Crippen molar-refractivity contribution in [1.29, 1.82) is 0 Å². The molecule has 4 nitrogen and oxygen atoms in total. The van der Waals surface area contributed by atoms with Crippen LogP contribution in [0.15, 0.2) is 73.1 Å². The van der Waals surface area contributed by atoms with E-state index in [0.717, 1.165) is 34.1 Å². The highest BCUT2D eigenvalue weighted by Gasteiger charge is 2.14. The largest absolute Gasteiger partial charge is 0.300 e. The van der Waals surface area contributed by atoms with Gasteiger partial charge in [-0.2, -0.15) is 0 Å². The Morgan fingerprint density at radius 1 is 0.577 bits per heavy atom. The molecule has 26 heavy (non-hydrogen) atoms. The average molecular weight is 338 g/mol. The minimum Gasteiger partial charge on any atom is -0.300 e. The second-order valence-corrected chi connectivity index (χ2v) is 6.53. The Morgan fingerprint density at radius 2 is 1.00 bits per heavy atom. The van der Waals surface area contributed by atoms with Crippen LogP contribution in [0.5, 0.6) is 0 Å². The molecule has 0 aliphatic carbocycles. The normalized spacial score (nSPS) is 11.5. The molecule has 0 radical (unpaired) electrons. The maximum Gasteiger partial charge on any atom is 0.159 e. The molecule has 5 rings (SSSR count). The third-order valence-corrected chi connectivity index (χ3v) is 4.85. The van der Waals surface area contributed by atoms with Crippen LogP contribution >= 0.6 is 0 Å². The Balaban J connectivity index is 1.71. The quantitative estimate of drug-likeness (QED) is 0.455. The highest BCUT2D eigenvalue weighted by molar-refractivity contribution is 5.82. The summed E-state index contributed by atoms with van der Waals surface area (Å²) in [7, 11) is 0. The summed E-state index contributed by atoms with van der Waals surface area (Å²) in [4.78, 5) is 9.82. The fourth-order valence-electron chi connectivity index (χ4n) is 3.57. The van der Waals surface area contributed by atoms with Gasteiger partial charge in [-0.25, -0.2) is 9.97 Å². The van der Waals surface area contributed by atoms with E-state index in [9.17, 15) is 0 Å². The molecule has 0 N–H and O–H groups in total. The predicted octanol–water partition coefficient (Wildman–Crippen LogP) is 4.98. The molecule has 0 spiro atoms. The molecule has 126 valence electrons. The molecular formula is C22H18N4. The smallest absolute Gasteiger partial charge is 0.159 e. The summed E-state index contributed by atoms with van der Waals surface area (Å²) in [6, 6.07) is 20.9. The summed E-state index contributed by atoms with van der Waals surface area (Å²) in [6.07, 6.45) is 4.12. The monoisotopic (exact) mass is 338 g/mol. The van der Waals surface area contributed by atoms with E-state index in [1.54, 1.807) is 0 Å². The third kappa shape index (κ3) is 2.15. The zero-order valence-corrected chi connectivity index (χ0v) is 14.7. The summed E-state index contributed by atoms with van der Waals surface area (Å²) in [5.74, 6) is 1.76. The van der Waals surface area contributed by atoms with Crippen LogP contribution in [-0.4, -0.2) is 19.1 Å². The van der Waals surface area contributed by atoms with Crippen molar-refractivity contribution in [2.45, 2.75) is 13.8 Å². The van der Waals surface area contributed by atoms with Crippen molar-refractivity contribution in [2.24, 2.45) is 0 Å². The van der Waals surface area contributed by atoms with Crippen LogP contribution in [0.1, 0.15) is 11.4 Å². The highest BCUT2D eigenvalue weighted by atomic mass is 15.1. The Hall–Kier alpha value is -3.40. The van der Waals surface area contributed by atoms with Crippen molar-refractivity contribution in [1.82, 2.24) is 19.1 Å². The van der Waals surface area contributed by atoms with Gasteiger partial charge in [0, 0.05) is 12.4 Å².